The van der Waals surface area contributed by atoms with Gasteiger partial charge in [-0.25, -0.2) is 4.39 Å². The average Bonchev–Trinajstić information content (AvgIpc) is 3.07. The van der Waals surface area contributed by atoms with Crippen molar-refractivity contribution in [3.63, 3.8) is 0 Å². The zero-order valence-corrected chi connectivity index (χ0v) is 14.1. The lowest BCUT2D eigenvalue weighted by Gasteiger charge is -2.11. The molecule has 1 N–H and O–H groups in total. The van der Waals surface area contributed by atoms with Crippen molar-refractivity contribution in [2.75, 3.05) is 5.32 Å². The first-order valence-corrected chi connectivity index (χ1v) is 7.80. The summed E-state index contributed by atoms with van der Waals surface area (Å²) in [6.45, 7) is -1.70. The van der Waals surface area contributed by atoms with Crippen LogP contribution < -0.4 is 10.1 Å². The molecule has 0 saturated heterocycles. The molecule has 3 aromatic rings. The van der Waals surface area contributed by atoms with E-state index in [-0.39, 0.29) is 29.6 Å². The summed E-state index contributed by atoms with van der Waals surface area (Å²) < 4.78 is 42.5. The molecule has 1 amide bonds. The van der Waals surface area contributed by atoms with E-state index in [1.54, 1.807) is 19.1 Å². The van der Waals surface area contributed by atoms with E-state index in [1.807, 2.05) is 0 Å². The number of alkyl halides is 2. The van der Waals surface area contributed by atoms with Gasteiger partial charge in [0, 0.05) is 5.56 Å². The Balaban J connectivity index is 1.69. The summed E-state index contributed by atoms with van der Waals surface area (Å²) in [7, 11) is 0. The van der Waals surface area contributed by atoms with E-state index < -0.39 is 12.5 Å². The van der Waals surface area contributed by atoms with Gasteiger partial charge in [0.1, 0.15) is 18.1 Å². The van der Waals surface area contributed by atoms with Gasteiger partial charge in [0.2, 0.25) is 11.7 Å². The van der Waals surface area contributed by atoms with Gasteiger partial charge in [-0.2, -0.15) is 13.6 Å². The number of carbonyl (C=O) groups excluding carboxylic acids is 1. The topological polar surface area (TPSA) is 81.9 Å². The average molecular weight is 377 g/mol. The number of para-hydroxylation sites is 2. The monoisotopic (exact) mass is 377 g/mol. The summed E-state index contributed by atoms with van der Waals surface area (Å²) in [5, 5.41) is 14.1. The second-order valence-corrected chi connectivity index (χ2v) is 5.53. The molecule has 3 rings (SSSR count). The predicted octanol–water partition coefficient (Wildman–Crippen LogP) is 3.03. The largest absolute Gasteiger partial charge is 0.433 e. The molecule has 1 heterocycles. The van der Waals surface area contributed by atoms with Gasteiger partial charge in [-0.15, -0.1) is 10.2 Å². The number of hydrogen-bond donors (Lipinski definition) is 1. The minimum Gasteiger partial charge on any atom is -0.433 e. The van der Waals surface area contributed by atoms with E-state index >= 15 is 0 Å². The zero-order chi connectivity index (χ0) is 19.4. The lowest BCUT2D eigenvalue weighted by atomic mass is 10.1. The first-order chi connectivity index (χ1) is 12.9. The minimum atomic E-state index is -3.01. The highest BCUT2D eigenvalue weighted by Crippen LogP contribution is 2.25. The van der Waals surface area contributed by atoms with Crippen LogP contribution in [-0.2, 0) is 11.3 Å². The molecule has 0 spiro atoms. The lowest BCUT2D eigenvalue weighted by molar-refractivity contribution is -0.117. The van der Waals surface area contributed by atoms with Gasteiger partial charge in [-0.05, 0) is 48.0 Å². The second-order valence-electron chi connectivity index (χ2n) is 5.53. The summed E-state index contributed by atoms with van der Waals surface area (Å²) in [5.74, 6) is -0.836. The Hall–Kier alpha value is -3.43. The number of carbonyl (C=O) groups is 1. The van der Waals surface area contributed by atoms with Gasteiger partial charge in [0.15, 0.2) is 0 Å². The van der Waals surface area contributed by atoms with Gasteiger partial charge < -0.3 is 10.1 Å². The van der Waals surface area contributed by atoms with Crippen molar-refractivity contribution in [2.45, 2.75) is 20.1 Å². The SMILES string of the molecule is Cc1cc(-c2nnn(CC(=O)Nc3ccccc3OC(F)F)n2)ccc1F. The number of aryl methyl sites for hydroxylation is 1. The van der Waals surface area contributed by atoms with Gasteiger partial charge in [-0.1, -0.05) is 12.1 Å². The summed E-state index contributed by atoms with van der Waals surface area (Å²) in [6.07, 6.45) is 0. The molecule has 27 heavy (non-hydrogen) atoms. The van der Waals surface area contributed by atoms with Gasteiger partial charge in [0.05, 0.1) is 5.69 Å². The number of nitrogens with one attached hydrogen (secondary N) is 1. The maximum atomic E-state index is 13.3. The Morgan fingerprint density at radius 3 is 2.78 bits per heavy atom. The van der Waals surface area contributed by atoms with E-state index in [2.05, 4.69) is 25.5 Å². The van der Waals surface area contributed by atoms with Crippen molar-refractivity contribution in [2.24, 2.45) is 0 Å². The highest BCUT2D eigenvalue weighted by Gasteiger charge is 2.14. The maximum absolute atomic E-state index is 13.3. The predicted molar refractivity (Wildman–Crippen MR) is 89.7 cm³/mol. The number of tetrazole rings is 1. The maximum Gasteiger partial charge on any atom is 0.387 e. The Labute approximate surface area is 151 Å². The fourth-order valence-electron chi connectivity index (χ4n) is 2.30. The Bertz CT molecular complexity index is 961. The van der Waals surface area contributed by atoms with E-state index in [9.17, 15) is 18.0 Å². The van der Waals surface area contributed by atoms with Crippen molar-refractivity contribution in [3.05, 3.63) is 53.8 Å². The van der Waals surface area contributed by atoms with Crippen molar-refractivity contribution >= 4 is 11.6 Å². The molecule has 2 aromatic carbocycles. The van der Waals surface area contributed by atoms with Crippen LogP contribution in [0.5, 0.6) is 5.75 Å². The molecule has 0 radical (unpaired) electrons. The molecule has 0 unspecified atom stereocenters. The van der Waals surface area contributed by atoms with E-state index in [0.29, 0.717) is 11.1 Å². The van der Waals surface area contributed by atoms with Crippen LogP contribution in [0.15, 0.2) is 42.5 Å². The molecule has 0 aliphatic rings. The van der Waals surface area contributed by atoms with Crippen LogP contribution in [0.1, 0.15) is 5.56 Å². The number of aromatic nitrogens is 4. The number of anilines is 1. The Kier molecular flexibility index (Phi) is 5.34. The van der Waals surface area contributed by atoms with Crippen LogP contribution >= 0.6 is 0 Å². The summed E-state index contributed by atoms with van der Waals surface area (Å²) in [6, 6.07) is 10.2. The van der Waals surface area contributed by atoms with E-state index in [0.717, 1.165) is 4.80 Å². The summed E-state index contributed by atoms with van der Waals surface area (Å²) >= 11 is 0. The number of hydrogen-bond acceptors (Lipinski definition) is 5. The highest BCUT2D eigenvalue weighted by molar-refractivity contribution is 5.92. The minimum absolute atomic E-state index is 0.0947. The molecule has 140 valence electrons. The number of amides is 1. The molecule has 0 bridgehead atoms. The number of ether oxygens (including phenoxy) is 1. The summed E-state index contributed by atoms with van der Waals surface area (Å²) in [4.78, 5) is 13.2. The van der Waals surface area contributed by atoms with Gasteiger partial charge in [-0.3, -0.25) is 4.79 Å². The van der Waals surface area contributed by atoms with Crippen molar-refractivity contribution < 1.29 is 22.7 Å². The number of nitrogens with zero attached hydrogens (tertiary/aromatic N) is 4. The molecular formula is C17H14F3N5O2. The van der Waals surface area contributed by atoms with Crippen LogP contribution in [0.25, 0.3) is 11.4 Å². The van der Waals surface area contributed by atoms with Crippen LogP contribution in [0, 0.1) is 12.7 Å². The first kappa shape index (κ1) is 18.4. The molecule has 0 fully saturated rings. The van der Waals surface area contributed by atoms with Crippen molar-refractivity contribution in [1.29, 1.82) is 0 Å². The highest BCUT2D eigenvalue weighted by atomic mass is 19.3. The van der Waals surface area contributed by atoms with Crippen LogP contribution in [-0.4, -0.2) is 32.7 Å². The fraction of sp³-hybridized carbons (Fsp3) is 0.176. The normalized spacial score (nSPS) is 10.9. The van der Waals surface area contributed by atoms with Crippen molar-refractivity contribution in [1.82, 2.24) is 20.2 Å². The summed E-state index contributed by atoms with van der Waals surface area (Å²) in [5.41, 5.74) is 1.07. The van der Waals surface area contributed by atoms with Gasteiger partial charge in [0.25, 0.3) is 0 Å². The van der Waals surface area contributed by atoms with Gasteiger partial charge >= 0.3 is 6.61 Å². The number of benzene rings is 2. The third-order valence-electron chi connectivity index (χ3n) is 3.53. The van der Waals surface area contributed by atoms with E-state index in [1.165, 1.54) is 30.3 Å². The third-order valence-corrected chi connectivity index (χ3v) is 3.53. The fourth-order valence-corrected chi connectivity index (χ4v) is 2.30. The van der Waals surface area contributed by atoms with Crippen LogP contribution in [0.3, 0.4) is 0 Å². The Morgan fingerprint density at radius 2 is 2.04 bits per heavy atom. The molecular weight excluding hydrogens is 363 g/mol. The molecule has 10 heteroatoms. The Morgan fingerprint density at radius 1 is 1.26 bits per heavy atom. The van der Waals surface area contributed by atoms with Crippen LogP contribution in [0.2, 0.25) is 0 Å². The first-order valence-electron chi connectivity index (χ1n) is 7.80. The quantitative estimate of drug-likeness (QED) is 0.714. The smallest absolute Gasteiger partial charge is 0.387 e. The van der Waals surface area contributed by atoms with Crippen LogP contribution in [0.4, 0.5) is 18.9 Å². The molecule has 0 saturated carbocycles. The third kappa shape index (κ3) is 4.60. The lowest BCUT2D eigenvalue weighted by Crippen LogP contribution is -2.21. The standard InChI is InChI=1S/C17H14F3N5O2/c1-10-8-11(6-7-12(10)18)16-22-24-25(23-16)9-15(26)21-13-4-2-3-5-14(13)27-17(19)20/h2-8,17H,9H2,1H3,(H,21,26). The number of rotatable bonds is 6. The van der Waals surface area contributed by atoms with Crippen molar-refractivity contribution in [3.8, 4) is 17.1 Å². The van der Waals surface area contributed by atoms with E-state index in [4.69, 9.17) is 0 Å². The number of halogens is 3. The second kappa shape index (κ2) is 7.85. The molecule has 0 atom stereocenters. The molecule has 1 aromatic heterocycles. The molecule has 0 aliphatic carbocycles. The molecule has 7 nitrogen and oxygen atoms in total. The molecule has 0 aliphatic heterocycles. The zero-order valence-electron chi connectivity index (χ0n) is 14.1.